The van der Waals surface area contributed by atoms with Gasteiger partial charge in [0, 0.05) is 18.6 Å². The van der Waals surface area contributed by atoms with E-state index < -0.39 is 5.92 Å². The molecule has 0 amide bonds. The van der Waals surface area contributed by atoms with Crippen LogP contribution in [0, 0.1) is 32.6 Å². The van der Waals surface area contributed by atoms with E-state index in [9.17, 15) is 9.59 Å². The van der Waals surface area contributed by atoms with E-state index in [-0.39, 0.29) is 24.1 Å². The third-order valence-electron chi connectivity index (χ3n) is 3.49. The average Bonchev–Trinajstić information content (AvgIpc) is 2.33. The quantitative estimate of drug-likeness (QED) is 0.591. The molecule has 1 rings (SSSR count). The lowest BCUT2D eigenvalue weighted by atomic mass is 9.85. The van der Waals surface area contributed by atoms with Gasteiger partial charge < -0.3 is 4.74 Å². The molecule has 1 aromatic rings. The first-order chi connectivity index (χ1) is 9.29. The van der Waals surface area contributed by atoms with Crippen LogP contribution < -0.4 is 0 Å². The molecule has 0 aromatic heterocycles. The first-order valence-corrected chi connectivity index (χ1v) is 6.94. The Hall–Kier alpha value is -1.48. The highest BCUT2D eigenvalue weighted by atomic mass is 16.5. The Morgan fingerprint density at radius 2 is 1.60 bits per heavy atom. The zero-order chi connectivity index (χ0) is 15.4. The van der Waals surface area contributed by atoms with Crippen molar-refractivity contribution >= 4 is 11.6 Å². The summed E-state index contributed by atoms with van der Waals surface area (Å²) >= 11 is 0. The molecule has 0 heterocycles. The molecule has 1 aromatic carbocycles. The Balaban J connectivity index is 3.23. The fourth-order valence-corrected chi connectivity index (χ4v) is 2.60. The van der Waals surface area contributed by atoms with Crippen molar-refractivity contribution in [3.8, 4) is 0 Å². The van der Waals surface area contributed by atoms with Gasteiger partial charge in [-0.05, 0) is 31.9 Å². The van der Waals surface area contributed by atoms with Crippen LogP contribution >= 0.6 is 0 Å². The zero-order valence-electron chi connectivity index (χ0n) is 13.2. The molecule has 0 radical (unpaired) electrons. The van der Waals surface area contributed by atoms with Gasteiger partial charge in [0.25, 0.3) is 0 Å². The third-order valence-corrected chi connectivity index (χ3v) is 3.49. The lowest BCUT2D eigenvalue weighted by molar-refractivity contribution is -0.125. The van der Waals surface area contributed by atoms with Crippen LogP contribution in [-0.2, 0) is 9.53 Å². The average molecular weight is 276 g/mol. The monoisotopic (exact) mass is 276 g/mol. The van der Waals surface area contributed by atoms with Crippen molar-refractivity contribution in [2.24, 2.45) is 11.8 Å². The number of rotatable bonds is 6. The van der Waals surface area contributed by atoms with Crippen molar-refractivity contribution in [1.82, 2.24) is 0 Å². The number of ketones is 2. The maximum absolute atomic E-state index is 12.7. The molecule has 1 atom stereocenters. The molecule has 0 aliphatic heterocycles. The van der Waals surface area contributed by atoms with E-state index >= 15 is 0 Å². The summed E-state index contributed by atoms with van der Waals surface area (Å²) in [5.41, 5.74) is 3.62. The predicted molar refractivity (Wildman–Crippen MR) is 80.2 cm³/mol. The Morgan fingerprint density at radius 1 is 1.10 bits per heavy atom. The maximum atomic E-state index is 12.7. The van der Waals surface area contributed by atoms with Crippen molar-refractivity contribution in [3.63, 3.8) is 0 Å². The summed E-state index contributed by atoms with van der Waals surface area (Å²) in [6, 6.07) is 3.95. The molecular weight excluding hydrogens is 252 g/mol. The van der Waals surface area contributed by atoms with Gasteiger partial charge in [0.05, 0.1) is 6.61 Å². The SMILES string of the molecule is COCC(C(=O)c1c(C)cc(C)cc1C)C(=O)C(C)C. The van der Waals surface area contributed by atoms with Crippen LogP contribution in [0.2, 0.25) is 0 Å². The number of aryl methyl sites for hydroxylation is 3. The molecule has 0 bridgehead atoms. The number of methoxy groups -OCH3 is 1. The second kappa shape index (κ2) is 6.80. The normalized spacial score (nSPS) is 12.6. The molecule has 20 heavy (non-hydrogen) atoms. The van der Waals surface area contributed by atoms with Crippen LogP contribution in [0.15, 0.2) is 12.1 Å². The molecule has 1 unspecified atom stereocenters. The van der Waals surface area contributed by atoms with Crippen molar-refractivity contribution in [3.05, 3.63) is 34.4 Å². The summed E-state index contributed by atoms with van der Waals surface area (Å²) in [5, 5.41) is 0. The molecule has 110 valence electrons. The van der Waals surface area contributed by atoms with Gasteiger partial charge in [0.2, 0.25) is 0 Å². The lowest BCUT2D eigenvalue weighted by Gasteiger charge is -2.19. The maximum Gasteiger partial charge on any atom is 0.176 e. The minimum absolute atomic E-state index is 0.0591. The molecule has 0 N–H and O–H groups in total. The molecule has 3 nitrogen and oxygen atoms in total. The smallest absolute Gasteiger partial charge is 0.176 e. The summed E-state index contributed by atoms with van der Waals surface area (Å²) in [7, 11) is 1.52. The summed E-state index contributed by atoms with van der Waals surface area (Å²) in [6.07, 6.45) is 0. The molecule has 0 aliphatic carbocycles. The Labute approximate surface area is 121 Å². The number of ether oxygens (including phenoxy) is 1. The van der Waals surface area contributed by atoms with Crippen molar-refractivity contribution in [2.45, 2.75) is 34.6 Å². The number of carbonyl (C=O) groups excluding carboxylic acids is 2. The Bertz CT molecular complexity index is 492. The van der Waals surface area contributed by atoms with E-state index in [4.69, 9.17) is 4.74 Å². The molecule has 3 heteroatoms. The van der Waals surface area contributed by atoms with Crippen LogP contribution in [0.3, 0.4) is 0 Å². The number of hydrogen-bond donors (Lipinski definition) is 0. The van der Waals surface area contributed by atoms with Crippen LogP contribution in [0.25, 0.3) is 0 Å². The molecule has 0 spiro atoms. The first kappa shape index (κ1) is 16.6. The van der Waals surface area contributed by atoms with Crippen molar-refractivity contribution in [2.75, 3.05) is 13.7 Å². The van der Waals surface area contributed by atoms with Crippen LogP contribution in [0.5, 0.6) is 0 Å². The van der Waals surface area contributed by atoms with Gasteiger partial charge in [-0.1, -0.05) is 31.5 Å². The summed E-state index contributed by atoms with van der Waals surface area (Å²) in [5.74, 6) is -1.07. The van der Waals surface area contributed by atoms with E-state index in [1.807, 2.05) is 46.8 Å². The van der Waals surface area contributed by atoms with E-state index in [1.54, 1.807) is 0 Å². The molecular formula is C17H24O3. The summed E-state index contributed by atoms with van der Waals surface area (Å²) in [6.45, 7) is 9.59. The molecule has 0 saturated heterocycles. The van der Waals surface area contributed by atoms with Crippen molar-refractivity contribution in [1.29, 1.82) is 0 Å². The summed E-state index contributed by atoms with van der Waals surface area (Å²) < 4.78 is 5.08. The van der Waals surface area contributed by atoms with E-state index in [0.29, 0.717) is 5.56 Å². The fourth-order valence-electron chi connectivity index (χ4n) is 2.60. The van der Waals surface area contributed by atoms with E-state index in [2.05, 4.69) is 0 Å². The first-order valence-electron chi connectivity index (χ1n) is 6.94. The zero-order valence-corrected chi connectivity index (χ0v) is 13.2. The second-order valence-electron chi connectivity index (χ2n) is 5.70. The standard InChI is InChI=1S/C17H24O3/c1-10(2)16(18)14(9-20-6)17(19)15-12(4)7-11(3)8-13(15)5/h7-8,10,14H,9H2,1-6H3. The fraction of sp³-hybridized carbons (Fsp3) is 0.529. The Kier molecular flexibility index (Phi) is 5.63. The number of hydrogen-bond acceptors (Lipinski definition) is 3. The van der Waals surface area contributed by atoms with Gasteiger partial charge in [-0.15, -0.1) is 0 Å². The largest absolute Gasteiger partial charge is 0.383 e. The predicted octanol–water partition coefficient (Wildman–Crippen LogP) is 3.28. The van der Waals surface area contributed by atoms with Crippen LogP contribution in [-0.4, -0.2) is 25.3 Å². The number of Topliss-reactive ketones (excluding diaryl/α,β-unsaturated/α-hetero) is 2. The van der Waals surface area contributed by atoms with E-state index in [1.165, 1.54) is 7.11 Å². The van der Waals surface area contributed by atoms with Crippen LogP contribution in [0.4, 0.5) is 0 Å². The molecule has 0 fully saturated rings. The third kappa shape index (κ3) is 3.54. The van der Waals surface area contributed by atoms with Gasteiger partial charge >= 0.3 is 0 Å². The highest BCUT2D eigenvalue weighted by Crippen LogP contribution is 2.22. The van der Waals surface area contributed by atoms with Gasteiger partial charge in [-0.25, -0.2) is 0 Å². The van der Waals surface area contributed by atoms with Gasteiger partial charge in [0.1, 0.15) is 11.7 Å². The second-order valence-corrected chi connectivity index (χ2v) is 5.70. The topological polar surface area (TPSA) is 43.4 Å². The minimum atomic E-state index is -0.708. The van der Waals surface area contributed by atoms with E-state index in [0.717, 1.165) is 16.7 Å². The van der Waals surface area contributed by atoms with Crippen LogP contribution in [0.1, 0.15) is 40.9 Å². The summed E-state index contributed by atoms with van der Waals surface area (Å²) in [4.78, 5) is 25.0. The molecule has 0 saturated carbocycles. The van der Waals surface area contributed by atoms with Gasteiger partial charge in [-0.2, -0.15) is 0 Å². The van der Waals surface area contributed by atoms with Gasteiger partial charge in [-0.3, -0.25) is 9.59 Å². The number of benzene rings is 1. The lowest BCUT2D eigenvalue weighted by Crippen LogP contribution is -2.32. The van der Waals surface area contributed by atoms with Gasteiger partial charge in [0.15, 0.2) is 5.78 Å². The number of carbonyl (C=O) groups is 2. The van der Waals surface area contributed by atoms with Crippen molar-refractivity contribution < 1.29 is 14.3 Å². The Morgan fingerprint density at radius 3 is 2.00 bits per heavy atom. The highest BCUT2D eigenvalue weighted by Gasteiger charge is 2.30. The minimum Gasteiger partial charge on any atom is -0.383 e. The molecule has 0 aliphatic rings. The highest BCUT2D eigenvalue weighted by molar-refractivity contribution is 6.12.